The molecular formula is C21H22BrNO4. The monoisotopic (exact) mass is 431 g/mol. The summed E-state index contributed by atoms with van der Waals surface area (Å²) in [4.78, 5) is 26.1. The van der Waals surface area contributed by atoms with Crippen LogP contribution >= 0.6 is 15.9 Å². The number of ether oxygens (including phenoxy) is 1. The Hall–Kier alpha value is -2.18. The van der Waals surface area contributed by atoms with E-state index >= 15 is 0 Å². The molecule has 1 atom stereocenters. The first-order valence-corrected chi connectivity index (χ1v) is 9.64. The van der Waals surface area contributed by atoms with Crippen molar-refractivity contribution in [2.75, 3.05) is 18.1 Å². The SMILES string of the molecule is CC(=O)CC1(O)C(=O)N(CCCOc2ccc(C)cc2)c2ccc(Br)cc21. The highest BCUT2D eigenvalue weighted by atomic mass is 79.9. The highest BCUT2D eigenvalue weighted by Crippen LogP contribution is 2.43. The molecule has 27 heavy (non-hydrogen) atoms. The molecule has 0 aliphatic carbocycles. The Balaban J connectivity index is 1.71. The van der Waals surface area contributed by atoms with Gasteiger partial charge in [0.15, 0.2) is 5.60 Å². The van der Waals surface area contributed by atoms with E-state index in [1.807, 2.05) is 37.3 Å². The van der Waals surface area contributed by atoms with E-state index in [-0.39, 0.29) is 12.2 Å². The minimum absolute atomic E-state index is 0.231. The molecule has 2 aromatic carbocycles. The van der Waals surface area contributed by atoms with E-state index < -0.39 is 11.5 Å². The van der Waals surface area contributed by atoms with Gasteiger partial charge >= 0.3 is 0 Å². The average Bonchev–Trinajstić information content (AvgIpc) is 2.81. The summed E-state index contributed by atoms with van der Waals surface area (Å²) in [7, 11) is 0. The van der Waals surface area contributed by atoms with Gasteiger partial charge in [-0.2, -0.15) is 0 Å². The number of ketones is 1. The predicted octanol–water partition coefficient (Wildman–Crippen LogP) is 3.74. The van der Waals surface area contributed by atoms with Crippen LogP contribution in [0.4, 0.5) is 5.69 Å². The van der Waals surface area contributed by atoms with E-state index in [9.17, 15) is 14.7 Å². The van der Waals surface area contributed by atoms with Crippen LogP contribution in [0.3, 0.4) is 0 Å². The standard InChI is InChI=1S/C21H22BrNO4/c1-14-4-7-17(8-5-14)27-11-3-10-23-19-9-6-16(22)12-18(19)21(26,20(23)25)13-15(2)24/h4-9,12,26H,3,10-11,13H2,1-2H3. The maximum atomic E-state index is 12.9. The number of anilines is 1. The van der Waals surface area contributed by atoms with Crippen molar-refractivity contribution < 1.29 is 19.4 Å². The molecule has 6 heteroatoms. The van der Waals surface area contributed by atoms with Gasteiger partial charge in [0.1, 0.15) is 11.5 Å². The molecule has 3 rings (SSSR count). The number of fused-ring (bicyclic) bond motifs is 1. The first-order chi connectivity index (χ1) is 12.8. The van der Waals surface area contributed by atoms with Crippen LogP contribution in [0.5, 0.6) is 5.75 Å². The highest BCUT2D eigenvalue weighted by Gasteiger charge is 2.50. The van der Waals surface area contributed by atoms with Gasteiger partial charge in [-0.3, -0.25) is 9.59 Å². The Morgan fingerprint density at radius 2 is 1.93 bits per heavy atom. The largest absolute Gasteiger partial charge is 0.494 e. The number of carbonyl (C=O) groups excluding carboxylic acids is 2. The normalized spacial score (nSPS) is 18.5. The number of carbonyl (C=O) groups is 2. The molecule has 1 aliphatic heterocycles. The molecule has 142 valence electrons. The first kappa shape index (κ1) is 19.6. The molecule has 0 saturated heterocycles. The third-order valence-corrected chi connectivity index (χ3v) is 5.11. The molecule has 5 nitrogen and oxygen atoms in total. The van der Waals surface area contributed by atoms with E-state index in [1.54, 1.807) is 17.0 Å². The summed E-state index contributed by atoms with van der Waals surface area (Å²) in [5, 5.41) is 11.0. The van der Waals surface area contributed by atoms with E-state index in [2.05, 4.69) is 15.9 Å². The number of hydrogen-bond acceptors (Lipinski definition) is 4. The van der Waals surface area contributed by atoms with Gasteiger partial charge < -0.3 is 14.7 Å². The van der Waals surface area contributed by atoms with E-state index in [0.717, 1.165) is 15.8 Å². The molecule has 1 N–H and O–H groups in total. The Labute approximate surface area is 167 Å². The van der Waals surface area contributed by atoms with Crippen molar-refractivity contribution in [1.29, 1.82) is 0 Å². The van der Waals surface area contributed by atoms with Crippen LogP contribution < -0.4 is 9.64 Å². The lowest BCUT2D eigenvalue weighted by Gasteiger charge is -2.22. The van der Waals surface area contributed by atoms with Gasteiger partial charge in [0.05, 0.1) is 12.3 Å². The van der Waals surface area contributed by atoms with Crippen molar-refractivity contribution in [3.8, 4) is 5.75 Å². The molecule has 2 aromatic rings. The number of Topliss-reactive ketones (excluding diaryl/α,β-unsaturated/α-hetero) is 1. The zero-order chi connectivity index (χ0) is 19.6. The molecule has 0 aromatic heterocycles. The van der Waals surface area contributed by atoms with Gasteiger partial charge in [-0.25, -0.2) is 0 Å². The lowest BCUT2D eigenvalue weighted by molar-refractivity contribution is -0.141. The second kappa shape index (κ2) is 7.82. The van der Waals surface area contributed by atoms with Crippen LogP contribution in [-0.4, -0.2) is 29.9 Å². The molecular weight excluding hydrogens is 410 g/mol. The van der Waals surface area contributed by atoms with Gasteiger partial charge in [-0.05, 0) is 50.6 Å². The topological polar surface area (TPSA) is 66.8 Å². The fourth-order valence-corrected chi connectivity index (χ4v) is 3.68. The quantitative estimate of drug-likeness (QED) is 0.677. The summed E-state index contributed by atoms with van der Waals surface area (Å²) in [5.74, 6) is 0.0910. The predicted molar refractivity (Wildman–Crippen MR) is 107 cm³/mol. The minimum atomic E-state index is -1.80. The molecule has 1 amide bonds. The summed E-state index contributed by atoms with van der Waals surface area (Å²) in [6, 6.07) is 13.1. The lowest BCUT2D eigenvalue weighted by atomic mass is 9.90. The molecule has 0 spiro atoms. The number of halogens is 1. The van der Waals surface area contributed by atoms with Crippen LogP contribution in [0, 0.1) is 6.92 Å². The number of aryl methyl sites for hydroxylation is 1. The van der Waals surface area contributed by atoms with Gasteiger partial charge in [0.2, 0.25) is 0 Å². The van der Waals surface area contributed by atoms with Crippen LogP contribution in [0.2, 0.25) is 0 Å². The van der Waals surface area contributed by atoms with E-state index in [0.29, 0.717) is 30.8 Å². The molecule has 0 saturated carbocycles. The van der Waals surface area contributed by atoms with Gasteiger partial charge in [-0.1, -0.05) is 33.6 Å². The number of nitrogens with zero attached hydrogens (tertiary/aromatic N) is 1. The van der Waals surface area contributed by atoms with Crippen LogP contribution in [-0.2, 0) is 15.2 Å². The number of rotatable bonds is 7. The summed E-state index contributed by atoms with van der Waals surface area (Å²) >= 11 is 3.37. The summed E-state index contributed by atoms with van der Waals surface area (Å²) in [5.41, 5.74) is 0.472. The van der Waals surface area contributed by atoms with Crippen molar-refractivity contribution >= 4 is 33.3 Å². The Bertz CT molecular complexity index is 865. The summed E-state index contributed by atoms with van der Waals surface area (Å²) in [6.45, 7) is 4.24. The second-order valence-electron chi connectivity index (χ2n) is 6.87. The number of benzene rings is 2. The van der Waals surface area contributed by atoms with Gasteiger partial charge in [0.25, 0.3) is 5.91 Å². The maximum Gasteiger partial charge on any atom is 0.264 e. The Morgan fingerprint density at radius 3 is 2.59 bits per heavy atom. The third-order valence-electron chi connectivity index (χ3n) is 4.61. The van der Waals surface area contributed by atoms with Crippen molar-refractivity contribution in [2.45, 2.75) is 32.3 Å². The fourth-order valence-electron chi connectivity index (χ4n) is 3.32. The second-order valence-corrected chi connectivity index (χ2v) is 7.79. The summed E-state index contributed by atoms with van der Waals surface area (Å²) in [6.07, 6.45) is 0.372. The van der Waals surface area contributed by atoms with Crippen LogP contribution in [0.25, 0.3) is 0 Å². The molecule has 1 unspecified atom stereocenters. The van der Waals surface area contributed by atoms with Crippen molar-refractivity contribution in [3.05, 3.63) is 58.1 Å². The highest BCUT2D eigenvalue weighted by molar-refractivity contribution is 9.10. The number of hydrogen-bond donors (Lipinski definition) is 1. The Kier molecular flexibility index (Phi) is 5.67. The zero-order valence-corrected chi connectivity index (χ0v) is 17.0. The van der Waals surface area contributed by atoms with Crippen molar-refractivity contribution in [1.82, 2.24) is 0 Å². The number of amides is 1. The minimum Gasteiger partial charge on any atom is -0.494 e. The molecule has 1 heterocycles. The smallest absolute Gasteiger partial charge is 0.264 e. The van der Waals surface area contributed by atoms with Gasteiger partial charge in [0, 0.05) is 23.0 Å². The summed E-state index contributed by atoms with van der Waals surface area (Å²) < 4.78 is 6.47. The van der Waals surface area contributed by atoms with E-state index in [1.165, 1.54) is 6.92 Å². The van der Waals surface area contributed by atoms with Gasteiger partial charge in [-0.15, -0.1) is 0 Å². The first-order valence-electron chi connectivity index (χ1n) is 8.84. The maximum absolute atomic E-state index is 12.9. The average molecular weight is 432 g/mol. The van der Waals surface area contributed by atoms with Crippen molar-refractivity contribution in [2.24, 2.45) is 0 Å². The van der Waals surface area contributed by atoms with E-state index in [4.69, 9.17) is 4.74 Å². The zero-order valence-electron chi connectivity index (χ0n) is 15.4. The van der Waals surface area contributed by atoms with Crippen molar-refractivity contribution in [3.63, 3.8) is 0 Å². The molecule has 0 radical (unpaired) electrons. The number of aliphatic hydroxyl groups is 1. The van der Waals surface area contributed by atoms with Crippen LogP contribution in [0.1, 0.15) is 30.9 Å². The third kappa shape index (κ3) is 4.06. The molecule has 0 bridgehead atoms. The Morgan fingerprint density at radius 1 is 1.22 bits per heavy atom. The molecule has 0 fully saturated rings. The fraction of sp³-hybridized carbons (Fsp3) is 0.333. The van der Waals surface area contributed by atoms with Crippen LogP contribution in [0.15, 0.2) is 46.9 Å². The molecule has 1 aliphatic rings. The lowest BCUT2D eigenvalue weighted by Crippen LogP contribution is -2.42.